The van der Waals surface area contributed by atoms with Gasteiger partial charge in [0.2, 0.25) is 5.91 Å². The molecular weight excluding hydrogens is 310 g/mol. The predicted octanol–water partition coefficient (Wildman–Crippen LogP) is -0.520. The van der Waals surface area contributed by atoms with Crippen molar-refractivity contribution in [2.24, 2.45) is 0 Å². The molecule has 1 rings (SSSR count). The summed E-state index contributed by atoms with van der Waals surface area (Å²) in [5, 5.41) is 31.7. The Balaban J connectivity index is 2.52. The lowest BCUT2D eigenvalue weighted by Gasteiger charge is -2.42. The smallest absolute Gasteiger partial charge is 0.217 e. The van der Waals surface area contributed by atoms with Gasteiger partial charge in [0.1, 0.15) is 24.4 Å². The summed E-state index contributed by atoms with van der Waals surface area (Å²) in [7, 11) is 0. The van der Waals surface area contributed by atoms with Crippen LogP contribution in [0.2, 0.25) is 0 Å². The lowest BCUT2D eigenvalue weighted by molar-refractivity contribution is -0.270. The van der Waals surface area contributed by atoms with Gasteiger partial charge in [0, 0.05) is 13.5 Å². The molecule has 0 saturated carbocycles. The van der Waals surface area contributed by atoms with E-state index in [4.69, 9.17) is 9.47 Å². The molecule has 0 radical (unpaired) electrons. The molecule has 4 N–H and O–H groups in total. The molecule has 1 amide bonds. The minimum atomic E-state index is -1.27. The topological polar surface area (TPSA) is 108 Å². The summed E-state index contributed by atoms with van der Waals surface area (Å²) < 4.78 is 11.1. The van der Waals surface area contributed by atoms with Gasteiger partial charge in [-0.3, -0.25) is 4.79 Å². The van der Waals surface area contributed by atoms with Crippen LogP contribution in [-0.4, -0.2) is 77.1 Å². The monoisotopic (exact) mass is 337 g/mol. The second-order valence-electron chi connectivity index (χ2n) is 5.36. The van der Waals surface area contributed by atoms with Crippen LogP contribution in [0.15, 0.2) is 0 Å². The van der Waals surface area contributed by atoms with Crippen molar-refractivity contribution in [1.29, 1.82) is 0 Å². The molecule has 0 aliphatic carbocycles. The second kappa shape index (κ2) is 10.4. The summed E-state index contributed by atoms with van der Waals surface area (Å²) in [5.74, 6) is 0.752. The first-order chi connectivity index (χ1) is 10.5. The summed E-state index contributed by atoms with van der Waals surface area (Å²) in [6.45, 7) is 1.31. The summed E-state index contributed by atoms with van der Waals surface area (Å²) >= 11 is 1.80. The minimum absolute atomic E-state index is 0.351. The maximum Gasteiger partial charge on any atom is 0.217 e. The summed E-state index contributed by atoms with van der Waals surface area (Å²) in [6.07, 6.45) is 0.682. The number of rotatable bonds is 9. The van der Waals surface area contributed by atoms with Crippen LogP contribution < -0.4 is 5.32 Å². The average Bonchev–Trinajstić information content (AvgIpc) is 2.49. The van der Waals surface area contributed by atoms with Gasteiger partial charge < -0.3 is 30.1 Å². The van der Waals surface area contributed by atoms with E-state index >= 15 is 0 Å². The van der Waals surface area contributed by atoms with Crippen molar-refractivity contribution in [2.75, 3.05) is 25.2 Å². The molecule has 0 aromatic heterocycles. The largest absolute Gasteiger partial charge is 0.394 e. The maximum absolute atomic E-state index is 11.2. The van der Waals surface area contributed by atoms with E-state index in [1.807, 2.05) is 0 Å². The van der Waals surface area contributed by atoms with Crippen molar-refractivity contribution in [3.63, 3.8) is 0 Å². The number of thioether (sulfide) groups is 1. The van der Waals surface area contributed by atoms with Crippen molar-refractivity contribution in [1.82, 2.24) is 5.32 Å². The Morgan fingerprint density at radius 1 is 1.27 bits per heavy atom. The zero-order valence-corrected chi connectivity index (χ0v) is 13.9. The van der Waals surface area contributed by atoms with Crippen LogP contribution >= 0.6 is 11.8 Å². The third kappa shape index (κ3) is 6.02. The lowest BCUT2D eigenvalue weighted by atomic mass is 9.97. The van der Waals surface area contributed by atoms with E-state index in [1.165, 1.54) is 6.92 Å². The molecule has 0 bridgehead atoms. The Morgan fingerprint density at radius 2 is 2.00 bits per heavy atom. The Bertz CT molecular complexity index is 332. The van der Waals surface area contributed by atoms with Crippen LogP contribution in [0.3, 0.4) is 0 Å². The normalized spacial score (nSPS) is 32.0. The highest BCUT2D eigenvalue weighted by Crippen LogP contribution is 2.22. The van der Waals surface area contributed by atoms with Crippen LogP contribution in [0.5, 0.6) is 0 Å². The number of hydrogen-bond acceptors (Lipinski definition) is 7. The number of carbonyl (C=O) groups excluding carboxylic acids is 1. The van der Waals surface area contributed by atoms with Crippen LogP contribution in [-0.2, 0) is 14.3 Å². The van der Waals surface area contributed by atoms with Gasteiger partial charge in [-0.1, -0.05) is 6.42 Å². The predicted molar refractivity (Wildman–Crippen MR) is 83.6 cm³/mol. The molecule has 1 heterocycles. The zero-order valence-electron chi connectivity index (χ0n) is 13.1. The van der Waals surface area contributed by atoms with Crippen molar-refractivity contribution in [2.45, 2.75) is 56.8 Å². The van der Waals surface area contributed by atoms with Gasteiger partial charge in [0.15, 0.2) is 6.29 Å². The van der Waals surface area contributed by atoms with Crippen LogP contribution in [0, 0.1) is 0 Å². The van der Waals surface area contributed by atoms with Crippen LogP contribution in [0.1, 0.15) is 26.2 Å². The molecule has 130 valence electrons. The molecule has 5 atom stereocenters. The number of aliphatic hydroxyl groups is 3. The molecular formula is C14H27NO6S. The molecule has 1 fully saturated rings. The highest BCUT2D eigenvalue weighted by Gasteiger charge is 2.45. The summed E-state index contributed by atoms with van der Waals surface area (Å²) in [6, 6.07) is -0.860. The molecule has 0 aromatic rings. The zero-order chi connectivity index (χ0) is 16.5. The minimum Gasteiger partial charge on any atom is -0.394 e. The fourth-order valence-corrected chi connectivity index (χ4v) is 2.83. The molecule has 1 aliphatic rings. The van der Waals surface area contributed by atoms with Crippen LogP contribution in [0.4, 0.5) is 0 Å². The molecule has 0 aromatic carbocycles. The molecule has 1 saturated heterocycles. The molecule has 0 spiro atoms. The first-order valence-corrected chi connectivity index (χ1v) is 8.90. The highest BCUT2D eigenvalue weighted by molar-refractivity contribution is 7.98. The molecule has 8 heteroatoms. The number of hydrogen-bond donors (Lipinski definition) is 4. The Hall–Kier alpha value is -0.380. The first-order valence-electron chi connectivity index (χ1n) is 7.51. The van der Waals surface area contributed by atoms with Gasteiger partial charge in [-0.25, -0.2) is 0 Å². The van der Waals surface area contributed by atoms with Crippen molar-refractivity contribution < 1.29 is 29.6 Å². The Morgan fingerprint density at radius 3 is 2.59 bits per heavy atom. The standard InChI is InChI=1S/C14H27NO6S/c1-9(17)15-11-13(19)12(18)10(8-16)21-14(11)20-6-4-3-5-7-22-2/h10-14,16,18-19H,3-8H2,1-2H3,(H,15,17)/t10?,11?,12-,13+,14-/m0/s1. The first kappa shape index (κ1) is 19.7. The van der Waals surface area contributed by atoms with E-state index in [0.717, 1.165) is 25.0 Å². The number of aliphatic hydroxyl groups excluding tert-OH is 3. The van der Waals surface area contributed by atoms with Gasteiger partial charge in [-0.2, -0.15) is 11.8 Å². The lowest BCUT2D eigenvalue weighted by Crippen LogP contribution is -2.64. The number of amides is 1. The fraction of sp³-hybridized carbons (Fsp3) is 0.929. The SMILES string of the molecule is CSCCCCCO[C@H]1OC(CO)[C@H](O)[C@H](O)C1NC(C)=O. The Labute approximate surface area is 135 Å². The van der Waals surface area contributed by atoms with Crippen molar-refractivity contribution >= 4 is 17.7 Å². The van der Waals surface area contributed by atoms with Gasteiger partial charge >= 0.3 is 0 Å². The van der Waals surface area contributed by atoms with Crippen molar-refractivity contribution in [3.8, 4) is 0 Å². The van der Waals surface area contributed by atoms with Gasteiger partial charge in [0.25, 0.3) is 0 Å². The summed E-state index contributed by atoms with van der Waals surface area (Å²) in [5.41, 5.74) is 0. The van der Waals surface area contributed by atoms with E-state index in [0.29, 0.717) is 6.61 Å². The molecule has 22 heavy (non-hydrogen) atoms. The quantitative estimate of drug-likeness (QED) is 0.419. The van der Waals surface area contributed by atoms with Crippen molar-refractivity contribution in [3.05, 3.63) is 0 Å². The number of nitrogens with one attached hydrogen (secondary N) is 1. The fourth-order valence-electron chi connectivity index (χ4n) is 2.34. The third-order valence-corrected chi connectivity index (χ3v) is 4.22. The van der Waals surface area contributed by atoms with E-state index in [2.05, 4.69) is 11.6 Å². The van der Waals surface area contributed by atoms with Gasteiger partial charge in [0.05, 0.1) is 6.61 Å². The van der Waals surface area contributed by atoms with Gasteiger partial charge in [-0.05, 0) is 24.9 Å². The van der Waals surface area contributed by atoms with E-state index in [9.17, 15) is 20.1 Å². The molecule has 1 aliphatic heterocycles. The second-order valence-corrected chi connectivity index (χ2v) is 6.34. The number of carbonyl (C=O) groups is 1. The number of ether oxygens (including phenoxy) is 2. The Kier molecular flexibility index (Phi) is 9.30. The van der Waals surface area contributed by atoms with E-state index < -0.39 is 37.3 Å². The summed E-state index contributed by atoms with van der Waals surface area (Å²) in [4.78, 5) is 11.2. The van der Waals surface area contributed by atoms with E-state index in [1.54, 1.807) is 11.8 Å². The maximum atomic E-state index is 11.2. The molecule has 7 nitrogen and oxygen atoms in total. The average molecular weight is 337 g/mol. The molecule has 2 unspecified atom stereocenters. The van der Waals surface area contributed by atoms with Crippen LogP contribution in [0.25, 0.3) is 0 Å². The third-order valence-electron chi connectivity index (χ3n) is 3.53. The number of unbranched alkanes of at least 4 members (excludes halogenated alkanes) is 2. The highest BCUT2D eigenvalue weighted by atomic mass is 32.2. The van der Waals surface area contributed by atoms with Gasteiger partial charge in [-0.15, -0.1) is 0 Å². The van der Waals surface area contributed by atoms with E-state index in [-0.39, 0.29) is 5.91 Å².